The molecule has 1 aliphatic carbocycles. The molecular weight excluding hydrogens is 135 g/mol. The van der Waals surface area contributed by atoms with Gasteiger partial charge in [-0.05, 0) is 6.08 Å². The molecule has 0 aromatic rings. The third-order valence-electron chi connectivity index (χ3n) is 1.38. The summed E-state index contributed by atoms with van der Waals surface area (Å²) in [5.74, 6) is -1.42. The molecule has 1 rings (SSSR count). The molecule has 0 radical (unpaired) electrons. The minimum Gasteiger partial charge on any atom is -0.479 e. The summed E-state index contributed by atoms with van der Waals surface area (Å²) in [5.41, 5.74) is -2.17. The smallest absolute Gasteiger partial charge is 0.345 e. The van der Waals surface area contributed by atoms with Crippen LogP contribution < -0.4 is 0 Å². The number of hydrogen-bond donors (Lipinski definition) is 1. The van der Waals surface area contributed by atoms with E-state index in [9.17, 15) is 9.18 Å². The minimum atomic E-state index is -2.17. The van der Waals surface area contributed by atoms with Gasteiger partial charge in [-0.25, -0.2) is 9.18 Å². The molecule has 0 fully saturated rings. The number of carbonyl (C=O) groups is 1. The second-order valence-electron chi connectivity index (χ2n) is 2.16. The van der Waals surface area contributed by atoms with E-state index >= 15 is 0 Å². The lowest BCUT2D eigenvalue weighted by Crippen LogP contribution is -2.31. The van der Waals surface area contributed by atoms with E-state index in [1.807, 2.05) is 0 Å². The standard InChI is InChI=1S/C7H7FO2/c8-7(6(9)10)4-2-1-3-5-7/h1-4H,5H2,(H,9,10). The van der Waals surface area contributed by atoms with Gasteiger partial charge in [-0.1, -0.05) is 18.2 Å². The second-order valence-corrected chi connectivity index (χ2v) is 2.16. The van der Waals surface area contributed by atoms with Crippen LogP contribution in [-0.4, -0.2) is 16.7 Å². The monoisotopic (exact) mass is 142 g/mol. The number of rotatable bonds is 1. The molecule has 3 heteroatoms. The Hall–Kier alpha value is -1.12. The Morgan fingerprint density at radius 1 is 1.60 bits per heavy atom. The molecule has 54 valence electrons. The lowest BCUT2D eigenvalue weighted by atomic mass is 9.98. The molecule has 1 N–H and O–H groups in total. The zero-order valence-electron chi connectivity index (χ0n) is 5.25. The maximum Gasteiger partial charge on any atom is 0.345 e. The summed E-state index contributed by atoms with van der Waals surface area (Å²) < 4.78 is 13.0. The van der Waals surface area contributed by atoms with Gasteiger partial charge in [0.1, 0.15) is 0 Å². The highest BCUT2D eigenvalue weighted by Gasteiger charge is 2.35. The normalized spacial score (nSPS) is 30.5. The van der Waals surface area contributed by atoms with Gasteiger partial charge in [-0.2, -0.15) is 0 Å². The molecule has 0 heterocycles. The summed E-state index contributed by atoms with van der Waals surface area (Å²) in [5, 5.41) is 8.34. The zero-order valence-corrected chi connectivity index (χ0v) is 5.25. The molecule has 0 saturated heterocycles. The quantitative estimate of drug-likeness (QED) is 0.599. The Kier molecular flexibility index (Phi) is 1.57. The third-order valence-corrected chi connectivity index (χ3v) is 1.38. The van der Waals surface area contributed by atoms with Crippen LogP contribution in [0.25, 0.3) is 0 Å². The van der Waals surface area contributed by atoms with Crippen LogP contribution in [-0.2, 0) is 4.79 Å². The van der Waals surface area contributed by atoms with Gasteiger partial charge in [0.05, 0.1) is 0 Å². The predicted octanol–water partition coefficient (Wildman–Crippen LogP) is 1.30. The van der Waals surface area contributed by atoms with Crippen molar-refractivity contribution in [2.75, 3.05) is 0 Å². The number of halogens is 1. The van der Waals surface area contributed by atoms with Crippen molar-refractivity contribution >= 4 is 5.97 Å². The van der Waals surface area contributed by atoms with Gasteiger partial charge in [0.2, 0.25) is 5.67 Å². The minimum absolute atomic E-state index is 0.0706. The number of alkyl halides is 1. The van der Waals surface area contributed by atoms with Crippen molar-refractivity contribution in [2.24, 2.45) is 0 Å². The van der Waals surface area contributed by atoms with Crippen LogP contribution >= 0.6 is 0 Å². The Morgan fingerprint density at radius 3 is 2.60 bits per heavy atom. The molecule has 0 amide bonds. The first-order chi connectivity index (χ1) is 4.65. The third kappa shape index (κ3) is 1.07. The molecule has 0 aliphatic heterocycles. The first-order valence-electron chi connectivity index (χ1n) is 2.92. The first kappa shape index (κ1) is 6.99. The molecule has 1 aliphatic rings. The molecule has 0 bridgehead atoms. The molecular formula is C7H7FO2. The van der Waals surface area contributed by atoms with Crippen molar-refractivity contribution in [3.05, 3.63) is 24.3 Å². The SMILES string of the molecule is O=C(O)C1(F)C=CC=CC1. The number of aliphatic carboxylic acids is 1. The molecule has 0 aromatic carbocycles. The Balaban J connectivity index is 2.80. The van der Waals surface area contributed by atoms with Crippen molar-refractivity contribution in [1.29, 1.82) is 0 Å². The van der Waals surface area contributed by atoms with Crippen LogP contribution in [0.15, 0.2) is 24.3 Å². The summed E-state index contributed by atoms with van der Waals surface area (Å²) in [6.07, 6.45) is 5.50. The second kappa shape index (κ2) is 2.25. The molecule has 2 nitrogen and oxygen atoms in total. The van der Waals surface area contributed by atoms with Crippen LogP contribution in [0.1, 0.15) is 6.42 Å². The summed E-state index contributed by atoms with van der Waals surface area (Å²) in [6, 6.07) is 0. The van der Waals surface area contributed by atoms with Gasteiger partial charge >= 0.3 is 5.97 Å². The average Bonchev–Trinajstić information content (AvgIpc) is 1.89. The van der Waals surface area contributed by atoms with E-state index in [4.69, 9.17) is 5.11 Å². The number of carboxylic acids is 1. The highest BCUT2D eigenvalue weighted by molar-refractivity contribution is 5.80. The van der Waals surface area contributed by atoms with E-state index in [1.165, 1.54) is 12.2 Å². The zero-order chi connectivity index (χ0) is 7.61. The molecule has 10 heavy (non-hydrogen) atoms. The van der Waals surface area contributed by atoms with Crippen molar-refractivity contribution in [1.82, 2.24) is 0 Å². The van der Waals surface area contributed by atoms with Crippen molar-refractivity contribution in [3.8, 4) is 0 Å². The highest BCUT2D eigenvalue weighted by Crippen LogP contribution is 2.22. The van der Waals surface area contributed by atoms with Crippen LogP contribution in [0.4, 0.5) is 4.39 Å². The van der Waals surface area contributed by atoms with Crippen molar-refractivity contribution < 1.29 is 14.3 Å². The summed E-state index contributed by atoms with van der Waals surface area (Å²) >= 11 is 0. The Bertz CT molecular complexity index is 208. The van der Waals surface area contributed by atoms with E-state index in [-0.39, 0.29) is 6.42 Å². The summed E-state index contributed by atoms with van der Waals surface area (Å²) in [4.78, 5) is 10.2. The number of hydrogen-bond acceptors (Lipinski definition) is 1. The lowest BCUT2D eigenvalue weighted by Gasteiger charge is -2.15. The van der Waals surface area contributed by atoms with E-state index < -0.39 is 11.6 Å². The Labute approximate surface area is 57.7 Å². The predicted molar refractivity (Wildman–Crippen MR) is 34.4 cm³/mol. The van der Waals surface area contributed by atoms with Crippen LogP contribution in [0.3, 0.4) is 0 Å². The fraction of sp³-hybridized carbons (Fsp3) is 0.286. The largest absolute Gasteiger partial charge is 0.479 e. The summed E-state index contributed by atoms with van der Waals surface area (Å²) in [7, 11) is 0. The highest BCUT2D eigenvalue weighted by atomic mass is 19.1. The molecule has 0 saturated carbocycles. The van der Waals surface area contributed by atoms with Gasteiger partial charge in [0, 0.05) is 6.42 Å². The molecule has 1 atom stereocenters. The molecule has 1 unspecified atom stereocenters. The maximum absolute atomic E-state index is 13.0. The van der Waals surface area contributed by atoms with Crippen molar-refractivity contribution in [2.45, 2.75) is 12.1 Å². The topological polar surface area (TPSA) is 37.3 Å². The number of carboxylic acid groups (broad SMARTS) is 1. The van der Waals surface area contributed by atoms with Crippen LogP contribution in [0.5, 0.6) is 0 Å². The maximum atomic E-state index is 13.0. The molecule has 0 aromatic heterocycles. The Morgan fingerprint density at radius 2 is 2.30 bits per heavy atom. The average molecular weight is 142 g/mol. The van der Waals surface area contributed by atoms with E-state index in [2.05, 4.69) is 0 Å². The first-order valence-corrected chi connectivity index (χ1v) is 2.92. The van der Waals surface area contributed by atoms with Gasteiger partial charge in [0.25, 0.3) is 0 Å². The van der Waals surface area contributed by atoms with Gasteiger partial charge in [0.15, 0.2) is 0 Å². The number of allylic oxidation sites excluding steroid dienone is 3. The lowest BCUT2D eigenvalue weighted by molar-refractivity contribution is -0.147. The van der Waals surface area contributed by atoms with E-state index in [0.29, 0.717) is 0 Å². The molecule has 0 spiro atoms. The van der Waals surface area contributed by atoms with Crippen molar-refractivity contribution in [3.63, 3.8) is 0 Å². The summed E-state index contributed by atoms with van der Waals surface area (Å²) in [6.45, 7) is 0. The van der Waals surface area contributed by atoms with Gasteiger partial charge < -0.3 is 5.11 Å². The fourth-order valence-electron chi connectivity index (χ4n) is 0.753. The van der Waals surface area contributed by atoms with Crippen LogP contribution in [0.2, 0.25) is 0 Å². The van der Waals surface area contributed by atoms with Gasteiger partial charge in [-0.15, -0.1) is 0 Å². The van der Waals surface area contributed by atoms with E-state index in [1.54, 1.807) is 6.08 Å². The van der Waals surface area contributed by atoms with E-state index in [0.717, 1.165) is 6.08 Å². The van der Waals surface area contributed by atoms with Crippen LogP contribution in [0, 0.1) is 0 Å². The fourth-order valence-corrected chi connectivity index (χ4v) is 0.753. The van der Waals surface area contributed by atoms with Gasteiger partial charge in [-0.3, -0.25) is 0 Å².